The summed E-state index contributed by atoms with van der Waals surface area (Å²) in [4.78, 5) is 24.1. The van der Waals surface area contributed by atoms with E-state index in [-0.39, 0.29) is 24.3 Å². The lowest BCUT2D eigenvalue weighted by atomic mass is 10.1. The molecule has 0 aliphatic heterocycles. The van der Waals surface area contributed by atoms with Gasteiger partial charge in [0, 0.05) is 4.88 Å². The van der Waals surface area contributed by atoms with Gasteiger partial charge < -0.3 is 16.4 Å². The number of nitrogens with two attached hydrogens (primary N) is 1. The van der Waals surface area contributed by atoms with Crippen molar-refractivity contribution >= 4 is 23.2 Å². The lowest BCUT2D eigenvalue weighted by Crippen LogP contribution is -2.47. The molecule has 0 bridgehead atoms. The average Bonchev–Trinajstić information content (AvgIpc) is 2.85. The van der Waals surface area contributed by atoms with Crippen molar-refractivity contribution in [1.82, 2.24) is 10.6 Å². The SMILES string of the molecule is CC(C)[C@H](N)C(=O)NCC(=O)NCc1cccs1. The van der Waals surface area contributed by atoms with Gasteiger partial charge in [0.2, 0.25) is 11.8 Å². The zero-order chi connectivity index (χ0) is 13.5. The molecular formula is C12H19N3O2S. The number of thiophene rings is 1. The van der Waals surface area contributed by atoms with Crippen LogP contribution >= 0.6 is 11.3 Å². The Morgan fingerprint density at radius 1 is 1.39 bits per heavy atom. The first-order chi connectivity index (χ1) is 8.50. The molecule has 0 aromatic carbocycles. The molecule has 100 valence electrons. The summed E-state index contributed by atoms with van der Waals surface area (Å²) < 4.78 is 0. The number of nitrogens with one attached hydrogen (secondary N) is 2. The van der Waals surface area contributed by atoms with E-state index >= 15 is 0 Å². The summed E-state index contributed by atoms with van der Waals surface area (Å²) in [6.45, 7) is 4.18. The van der Waals surface area contributed by atoms with Gasteiger partial charge >= 0.3 is 0 Å². The Labute approximate surface area is 111 Å². The first-order valence-electron chi connectivity index (χ1n) is 5.83. The molecule has 0 saturated carbocycles. The van der Waals surface area contributed by atoms with Gasteiger partial charge in [0.25, 0.3) is 0 Å². The Balaban J connectivity index is 2.23. The van der Waals surface area contributed by atoms with Gasteiger partial charge in [0.1, 0.15) is 0 Å². The highest BCUT2D eigenvalue weighted by Gasteiger charge is 2.17. The second-order valence-electron chi connectivity index (χ2n) is 4.34. The van der Waals surface area contributed by atoms with Crippen LogP contribution in [-0.2, 0) is 16.1 Å². The van der Waals surface area contributed by atoms with Crippen LogP contribution in [0.3, 0.4) is 0 Å². The van der Waals surface area contributed by atoms with Crippen molar-refractivity contribution in [3.8, 4) is 0 Å². The number of carbonyl (C=O) groups excluding carboxylic acids is 2. The Bertz CT molecular complexity index is 390. The van der Waals surface area contributed by atoms with E-state index in [1.807, 2.05) is 31.4 Å². The van der Waals surface area contributed by atoms with Crippen molar-refractivity contribution in [1.29, 1.82) is 0 Å². The molecule has 2 amide bonds. The second kappa shape index (κ2) is 7.13. The molecule has 1 heterocycles. The molecule has 1 aromatic rings. The number of hydrogen-bond acceptors (Lipinski definition) is 4. The number of hydrogen-bond donors (Lipinski definition) is 3. The van der Waals surface area contributed by atoms with Crippen LogP contribution in [-0.4, -0.2) is 24.4 Å². The highest BCUT2D eigenvalue weighted by Crippen LogP contribution is 2.06. The van der Waals surface area contributed by atoms with E-state index in [0.29, 0.717) is 6.54 Å². The highest BCUT2D eigenvalue weighted by atomic mass is 32.1. The van der Waals surface area contributed by atoms with E-state index in [1.165, 1.54) is 0 Å². The van der Waals surface area contributed by atoms with Gasteiger partial charge in [-0.15, -0.1) is 11.3 Å². The zero-order valence-corrected chi connectivity index (χ0v) is 11.4. The molecule has 0 unspecified atom stereocenters. The standard InChI is InChI=1S/C12H19N3O2S/c1-8(2)11(13)12(17)15-7-10(16)14-6-9-4-3-5-18-9/h3-5,8,11H,6-7,13H2,1-2H3,(H,14,16)(H,15,17)/t11-/m0/s1. The van der Waals surface area contributed by atoms with Crippen molar-refractivity contribution in [3.05, 3.63) is 22.4 Å². The molecular weight excluding hydrogens is 250 g/mol. The normalized spacial score (nSPS) is 12.2. The molecule has 6 heteroatoms. The third-order valence-corrected chi connectivity index (χ3v) is 3.36. The zero-order valence-electron chi connectivity index (χ0n) is 10.6. The summed E-state index contributed by atoms with van der Waals surface area (Å²) in [5.41, 5.74) is 5.66. The number of carbonyl (C=O) groups is 2. The Hall–Kier alpha value is -1.40. The van der Waals surface area contributed by atoms with E-state index in [2.05, 4.69) is 10.6 Å². The molecule has 0 radical (unpaired) electrons. The molecule has 4 N–H and O–H groups in total. The lowest BCUT2D eigenvalue weighted by Gasteiger charge is -2.15. The molecule has 1 aromatic heterocycles. The van der Waals surface area contributed by atoms with E-state index in [9.17, 15) is 9.59 Å². The van der Waals surface area contributed by atoms with Crippen molar-refractivity contribution in [2.75, 3.05) is 6.54 Å². The average molecular weight is 269 g/mol. The van der Waals surface area contributed by atoms with Gasteiger partial charge in [0.05, 0.1) is 19.1 Å². The van der Waals surface area contributed by atoms with Crippen LogP contribution in [0.5, 0.6) is 0 Å². The summed E-state index contributed by atoms with van der Waals surface area (Å²) in [6, 6.07) is 3.29. The van der Waals surface area contributed by atoms with Gasteiger partial charge in [-0.3, -0.25) is 9.59 Å². The van der Waals surface area contributed by atoms with Gasteiger partial charge in [-0.25, -0.2) is 0 Å². The smallest absolute Gasteiger partial charge is 0.239 e. The van der Waals surface area contributed by atoms with Gasteiger partial charge in [-0.1, -0.05) is 19.9 Å². The maximum atomic E-state index is 11.5. The van der Waals surface area contributed by atoms with Crippen molar-refractivity contribution in [2.24, 2.45) is 11.7 Å². The third kappa shape index (κ3) is 4.85. The van der Waals surface area contributed by atoms with Crippen molar-refractivity contribution in [2.45, 2.75) is 26.4 Å². The minimum Gasteiger partial charge on any atom is -0.350 e. The predicted octanol–water partition coefficient (Wildman–Crippen LogP) is 0.464. The Kier molecular flexibility index (Phi) is 5.80. The van der Waals surface area contributed by atoms with Crippen LogP contribution in [0.4, 0.5) is 0 Å². The topological polar surface area (TPSA) is 84.2 Å². The highest BCUT2D eigenvalue weighted by molar-refractivity contribution is 7.09. The van der Waals surface area contributed by atoms with Crippen molar-refractivity contribution < 1.29 is 9.59 Å². The predicted molar refractivity (Wildman–Crippen MR) is 72.0 cm³/mol. The van der Waals surface area contributed by atoms with E-state index < -0.39 is 6.04 Å². The third-order valence-electron chi connectivity index (χ3n) is 2.48. The second-order valence-corrected chi connectivity index (χ2v) is 5.38. The molecule has 5 nitrogen and oxygen atoms in total. The summed E-state index contributed by atoms with van der Waals surface area (Å²) in [6.07, 6.45) is 0. The summed E-state index contributed by atoms with van der Waals surface area (Å²) >= 11 is 1.58. The van der Waals surface area contributed by atoms with Crippen LogP contribution in [0.15, 0.2) is 17.5 Å². The largest absolute Gasteiger partial charge is 0.350 e. The minimum atomic E-state index is -0.574. The first-order valence-corrected chi connectivity index (χ1v) is 6.71. The summed E-state index contributed by atoms with van der Waals surface area (Å²) in [5, 5.41) is 7.19. The van der Waals surface area contributed by atoms with Gasteiger partial charge in [-0.2, -0.15) is 0 Å². The molecule has 0 saturated heterocycles. The van der Waals surface area contributed by atoms with Crippen LogP contribution in [0.2, 0.25) is 0 Å². The number of rotatable bonds is 6. The fourth-order valence-corrected chi connectivity index (χ4v) is 1.89. The fraction of sp³-hybridized carbons (Fsp3) is 0.500. The number of amides is 2. The molecule has 1 rings (SSSR count). The fourth-order valence-electron chi connectivity index (χ4n) is 1.25. The first kappa shape index (κ1) is 14.7. The molecule has 0 spiro atoms. The van der Waals surface area contributed by atoms with Crippen LogP contribution in [0.1, 0.15) is 18.7 Å². The van der Waals surface area contributed by atoms with Crippen LogP contribution in [0.25, 0.3) is 0 Å². The molecule has 0 aliphatic carbocycles. The molecule has 0 fully saturated rings. The molecule has 1 atom stereocenters. The van der Waals surface area contributed by atoms with Crippen LogP contribution < -0.4 is 16.4 Å². The molecule has 18 heavy (non-hydrogen) atoms. The Morgan fingerprint density at radius 3 is 2.67 bits per heavy atom. The maximum Gasteiger partial charge on any atom is 0.239 e. The van der Waals surface area contributed by atoms with Gasteiger partial charge in [-0.05, 0) is 17.4 Å². The minimum absolute atomic E-state index is 0.0371. The Morgan fingerprint density at radius 2 is 2.11 bits per heavy atom. The lowest BCUT2D eigenvalue weighted by molar-refractivity contribution is -0.127. The van der Waals surface area contributed by atoms with E-state index in [0.717, 1.165) is 4.88 Å². The van der Waals surface area contributed by atoms with Crippen LogP contribution in [0, 0.1) is 5.92 Å². The monoisotopic (exact) mass is 269 g/mol. The van der Waals surface area contributed by atoms with E-state index in [4.69, 9.17) is 5.73 Å². The quantitative estimate of drug-likeness (QED) is 0.701. The molecule has 0 aliphatic rings. The van der Waals surface area contributed by atoms with E-state index in [1.54, 1.807) is 11.3 Å². The van der Waals surface area contributed by atoms with Gasteiger partial charge in [0.15, 0.2) is 0 Å². The summed E-state index contributed by atoms with van der Waals surface area (Å²) in [7, 11) is 0. The maximum absolute atomic E-state index is 11.5. The summed E-state index contributed by atoms with van der Waals surface area (Å²) in [5.74, 6) is -0.455. The van der Waals surface area contributed by atoms with Crippen molar-refractivity contribution in [3.63, 3.8) is 0 Å².